The second-order valence-electron chi connectivity index (χ2n) is 5.85. The molecule has 2 rings (SSSR count). The fourth-order valence-corrected chi connectivity index (χ4v) is 1.96. The Labute approximate surface area is 123 Å². The zero-order valence-electron chi connectivity index (χ0n) is 12.4. The molecule has 1 aromatic heterocycles. The Hall–Kier alpha value is -2.17. The lowest BCUT2D eigenvalue weighted by Crippen LogP contribution is -2.33. The van der Waals surface area contributed by atoms with Crippen molar-refractivity contribution in [3.8, 4) is 0 Å². The first-order valence-corrected chi connectivity index (χ1v) is 6.84. The van der Waals surface area contributed by atoms with E-state index in [4.69, 9.17) is 4.74 Å². The fourth-order valence-electron chi connectivity index (χ4n) is 1.96. The van der Waals surface area contributed by atoms with Crippen LogP contribution in [0.3, 0.4) is 0 Å². The van der Waals surface area contributed by atoms with E-state index >= 15 is 0 Å². The molecule has 0 saturated carbocycles. The highest BCUT2D eigenvalue weighted by atomic mass is 19.1. The molecule has 5 heteroatoms. The first-order valence-electron chi connectivity index (χ1n) is 6.84. The Morgan fingerprint density at radius 2 is 2.10 bits per heavy atom. The average molecular weight is 290 g/mol. The van der Waals surface area contributed by atoms with Gasteiger partial charge in [0.25, 0.3) is 0 Å². The number of alkyl carbamates (subject to hydrolysis) is 1. The van der Waals surface area contributed by atoms with E-state index in [1.807, 2.05) is 6.07 Å². The number of nitrogens with zero attached hydrogens (tertiary/aromatic N) is 1. The number of carbonyl (C=O) groups is 1. The van der Waals surface area contributed by atoms with Gasteiger partial charge < -0.3 is 10.1 Å². The maximum Gasteiger partial charge on any atom is 0.407 e. The first kappa shape index (κ1) is 15.2. The van der Waals surface area contributed by atoms with Crippen LogP contribution in [0.25, 0.3) is 10.8 Å². The average Bonchev–Trinajstić information content (AvgIpc) is 2.37. The van der Waals surface area contributed by atoms with Gasteiger partial charge in [0.2, 0.25) is 0 Å². The number of rotatable bonds is 3. The molecule has 1 N–H and O–H groups in total. The summed E-state index contributed by atoms with van der Waals surface area (Å²) < 4.78 is 19.1. The van der Waals surface area contributed by atoms with Crippen LogP contribution in [0.4, 0.5) is 9.18 Å². The van der Waals surface area contributed by atoms with E-state index in [0.29, 0.717) is 18.5 Å². The van der Waals surface area contributed by atoms with Gasteiger partial charge in [0.15, 0.2) is 0 Å². The van der Waals surface area contributed by atoms with E-state index in [9.17, 15) is 9.18 Å². The zero-order valence-corrected chi connectivity index (χ0v) is 12.4. The number of carbonyl (C=O) groups excluding carboxylic acids is 1. The molecule has 1 heterocycles. The molecular formula is C16H19FN2O2. The van der Waals surface area contributed by atoms with Crippen LogP contribution in [0.5, 0.6) is 0 Å². The summed E-state index contributed by atoms with van der Waals surface area (Å²) in [6.45, 7) is 5.71. The number of amides is 1. The number of halogens is 1. The lowest BCUT2D eigenvalue weighted by atomic mass is 10.1. The Morgan fingerprint density at radius 1 is 1.33 bits per heavy atom. The summed E-state index contributed by atoms with van der Waals surface area (Å²) in [5, 5.41) is 4.31. The number of fused-ring (bicyclic) bond motifs is 1. The van der Waals surface area contributed by atoms with Gasteiger partial charge in [-0.3, -0.25) is 4.98 Å². The number of ether oxygens (including phenoxy) is 1. The molecule has 0 bridgehead atoms. The lowest BCUT2D eigenvalue weighted by molar-refractivity contribution is 0.0528. The Morgan fingerprint density at radius 3 is 2.81 bits per heavy atom. The maximum absolute atomic E-state index is 13.9. The minimum atomic E-state index is -0.536. The molecule has 1 aromatic carbocycles. The van der Waals surface area contributed by atoms with Gasteiger partial charge in [-0.05, 0) is 56.3 Å². The highest BCUT2D eigenvalue weighted by molar-refractivity contribution is 5.82. The third-order valence-electron chi connectivity index (χ3n) is 2.87. The van der Waals surface area contributed by atoms with Crippen molar-refractivity contribution < 1.29 is 13.9 Å². The largest absolute Gasteiger partial charge is 0.444 e. The van der Waals surface area contributed by atoms with Crippen molar-refractivity contribution >= 4 is 16.9 Å². The first-order chi connectivity index (χ1) is 9.85. The molecule has 0 aliphatic heterocycles. The topological polar surface area (TPSA) is 51.2 Å². The summed E-state index contributed by atoms with van der Waals surface area (Å²) in [5.41, 5.74) is 0.0235. The van der Waals surface area contributed by atoms with Crippen molar-refractivity contribution in [2.75, 3.05) is 6.54 Å². The van der Waals surface area contributed by atoms with E-state index in [-0.39, 0.29) is 5.82 Å². The van der Waals surface area contributed by atoms with Crippen LogP contribution in [-0.2, 0) is 11.2 Å². The summed E-state index contributed by atoms with van der Waals surface area (Å²) >= 11 is 0. The van der Waals surface area contributed by atoms with Gasteiger partial charge in [-0.25, -0.2) is 9.18 Å². The predicted molar refractivity (Wildman–Crippen MR) is 79.6 cm³/mol. The Balaban J connectivity index is 1.97. The summed E-state index contributed by atoms with van der Waals surface area (Å²) in [6, 6.07) is 5.08. The van der Waals surface area contributed by atoms with E-state index < -0.39 is 11.7 Å². The van der Waals surface area contributed by atoms with Crippen molar-refractivity contribution in [1.82, 2.24) is 10.3 Å². The van der Waals surface area contributed by atoms with Gasteiger partial charge in [-0.1, -0.05) is 0 Å². The Bertz CT molecular complexity index is 650. The monoisotopic (exact) mass is 290 g/mol. The third kappa shape index (κ3) is 4.41. The van der Waals surface area contributed by atoms with Crippen molar-refractivity contribution in [2.24, 2.45) is 0 Å². The SMILES string of the molecule is CC(C)(C)OC(=O)NCCc1cc2ccncc2cc1F. The molecule has 0 radical (unpaired) electrons. The normalized spacial score (nSPS) is 11.4. The van der Waals surface area contributed by atoms with Crippen molar-refractivity contribution in [1.29, 1.82) is 0 Å². The van der Waals surface area contributed by atoms with E-state index in [2.05, 4.69) is 10.3 Å². The number of hydrogen-bond donors (Lipinski definition) is 1. The minimum Gasteiger partial charge on any atom is -0.444 e. The van der Waals surface area contributed by atoms with Crippen molar-refractivity contribution in [2.45, 2.75) is 32.8 Å². The van der Waals surface area contributed by atoms with Crippen LogP contribution in [0.1, 0.15) is 26.3 Å². The van der Waals surface area contributed by atoms with Crippen LogP contribution in [0, 0.1) is 5.82 Å². The third-order valence-corrected chi connectivity index (χ3v) is 2.87. The number of hydrogen-bond acceptors (Lipinski definition) is 3. The lowest BCUT2D eigenvalue weighted by Gasteiger charge is -2.19. The molecule has 0 saturated heterocycles. The van der Waals surface area contributed by atoms with Crippen LogP contribution in [-0.4, -0.2) is 23.2 Å². The summed E-state index contributed by atoms with van der Waals surface area (Å²) in [4.78, 5) is 15.5. The van der Waals surface area contributed by atoms with Crippen LogP contribution in [0.15, 0.2) is 30.6 Å². The van der Waals surface area contributed by atoms with Crippen LogP contribution < -0.4 is 5.32 Å². The molecule has 0 aliphatic carbocycles. The Kier molecular flexibility index (Phi) is 4.40. The number of nitrogens with one attached hydrogen (secondary N) is 1. The smallest absolute Gasteiger partial charge is 0.407 e. The fraction of sp³-hybridized carbons (Fsp3) is 0.375. The molecule has 4 nitrogen and oxygen atoms in total. The molecular weight excluding hydrogens is 271 g/mol. The van der Waals surface area contributed by atoms with Gasteiger partial charge in [0.1, 0.15) is 11.4 Å². The molecule has 0 fully saturated rings. The van der Waals surface area contributed by atoms with Gasteiger partial charge in [-0.2, -0.15) is 0 Å². The molecule has 2 aromatic rings. The highest BCUT2D eigenvalue weighted by Crippen LogP contribution is 2.18. The summed E-state index contributed by atoms with van der Waals surface area (Å²) in [6.07, 6.45) is 3.21. The van der Waals surface area contributed by atoms with Crippen molar-refractivity contribution in [3.05, 3.63) is 42.0 Å². The van der Waals surface area contributed by atoms with Crippen molar-refractivity contribution in [3.63, 3.8) is 0 Å². The second kappa shape index (κ2) is 6.08. The van der Waals surface area contributed by atoms with Gasteiger partial charge in [0.05, 0.1) is 0 Å². The molecule has 0 atom stereocenters. The maximum atomic E-state index is 13.9. The second-order valence-corrected chi connectivity index (χ2v) is 5.85. The standard InChI is InChI=1S/C16H19FN2O2/c1-16(2,3)21-15(20)19-7-5-12-8-11-4-6-18-10-13(11)9-14(12)17/h4,6,8-10H,5,7H2,1-3H3,(H,19,20). The number of aromatic nitrogens is 1. The minimum absolute atomic E-state index is 0.290. The van der Waals surface area contributed by atoms with Gasteiger partial charge >= 0.3 is 6.09 Å². The van der Waals surface area contributed by atoms with E-state index in [1.54, 1.807) is 39.2 Å². The van der Waals surface area contributed by atoms with Crippen LogP contribution >= 0.6 is 0 Å². The number of benzene rings is 1. The quantitative estimate of drug-likeness (QED) is 0.942. The number of pyridine rings is 1. The molecule has 0 spiro atoms. The molecule has 1 amide bonds. The predicted octanol–water partition coefficient (Wildman–Crippen LogP) is 3.44. The summed E-state index contributed by atoms with van der Waals surface area (Å²) in [7, 11) is 0. The van der Waals surface area contributed by atoms with E-state index in [1.165, 1.54) is 6.07 Å². The molecule has 0 unspecified atom stereocenters. The van der Waals surface area contributed by atoms with Gasteiger partial charge in [0, 0.05) is 24.3 Å². The summed E-state index contributed by atoms with van der Waals surface area (Å²) in [5.74, 6) is -0.290. The highest BCUT2D eigenvalue weighted by Gasteiger charge is 2.15. The zero-order chi connectivity index (χ0) is 15.5. The van der Waals surface area contributed by atoms with Crippen LogP contribution in [0.2, 0.25) is 0 Å². The van der Waals surface area contributed by atoms with Gasteiger partial charge in [-0.15, -0.1) is 0 Å². The van der Waals surface area contributed by atoms with E-state index in [0.717, 1.165) is 10.8 Å². The molecule has 112 valence electrons. The molecule has 0 aliphatic rings. The molecule has 21 heavy (non-hydrogen) atoms.